The first kappa shape index (κ1) is 28.1. The van der Waals surface area contributed by atoms with Crippen LogP contribution in [0.25, 0.3) is 37.8 Å². The molecule has 2 fully saturated rings. The number of nitrogens with zero attached hydrogens (tertiary/aromatic N) is 3. The monoisotopic (exact) mass is 570 g/mol. The van der Waals surface area contributed by atoms with E-state index in [1.54, 1.807) is 5.57 Å². The Morgan fingerprint density at radius 2 is 1.50 bits per heavy atom. The average Bonchev–Trinajstić information content (AvgIpc) is 3.34. The summed E-state index contributed by atoms with van der Waals surface area (Å²) in [6.45, 7) is 7.53. The van der Waals surface area contributed by atoms with Gasteiger partial charge < -0.3 is 22.6 Å². The van der Waals surface area contributed by atoms with Crippen LogP contribution in [0.4, 0.5) is 0 Å². The summed E-state index contributed by atoms with van der Waals surface area (Å²) in [5.74, 6) is 1.22. The molecule has 1 heterocycles. The Kier molecular flexibility index (Phi) is 9.57. The van der Waals surface area contributed by atoms with Crippen molar-refractivity contribution in [3.8, 4) is 0 Å². The predicted octanol–water partition coefficient (Wildman–Crippen LogP) is 9.31. The Bertz CT molecular complexity index is 1200. The quantitative estimate of drug-likeness (QED) is 0.175. The van der Waals surface area contributed by atoms with E-state index in [9.17, 15) is 0 Å². The van der Waals surface area contributed by atoms with Crippen LogP contribution in [0.2, 0.25) is 18.6 Å². The summed E-state index contributed by atoms with van der Waals surface area (Å²) < 4.78 is 2.61. The van der Waals surface area contributed by atoms with E-state index in [1.165, 1.54) is 39.9 Å². The Balaban J connectivity index is 0.000000726. The van der Waals surface area contributed by atoms with E-state index < -0.39 is 25.3 Å². The molecule has 36 heavy (non-hydrogen) atoms. The number of hydrogen-bond acceptors (Lipinski definition) is 1. The van der Waals surface area contributed by atoms with E-state index in [-0.39, 0.29) is 7.43 Å². The van der Waals surface area contributed by atoms with Crippen LogP contribution in [0.1, 0.15) is 18.4 Å². The molecule has 186 valence electrons. The Labute approximate surface area is 234 Å². The number of halogens is 2. The van der Waals surface area contributed by atoms with E-state index in [2.05, 4.69) is 101 Å². The molecular weight excluding hydrogens is 537 g/mol. The molecule has 1 saturated carbocycles. The van der Waals surface area contributed by atoms with Gasteiger partial charge >= 0.3 is 35.6 Å². The van der Waals surface area contributed by atoms with Crippen molar-refractivity contribution >= 4 is 54.0 Å². The SMILES string of the molecule is C[Si](C)(C1CCC2C(c3c4ccccc4cc4ccccc34)=CC=CC21)N1C[N-]C[N-]C1.[CH3-].[Cl][Ti+4][Cl]. The first-order valence-corrected chi connectivity index (χ1v) is 19.7. The van der Waals surface area contributed by atoms with Crippen LogP contribution in [0.3, 0.4) is 0 Å². The zero-order valence-electron chi connectivity index (χ0n) is 21.3. The summed E-state index contributed by atoms with van der Waals surface area (Å²) in [5, 5.41) is 14.7. The second kappa shape index (κ2) is 12.3. The number of allylic oxidation sites excluding steroid dienone is 4. The first-order valence-electron chi connectivity index (χ1n) is 12.3. The van der Waals surface area contributed by atoms with Crippen molar-refractivity contribution in [2.24, 2.45) is 11.8 Å². The van der Waals surface area contributed by atoms with Crippen LogP contribution in [-0.2, 0) is 17.0 Å². The van der Waals surface area contributed by atoms with E-state index in [4.69, 9.17) is 18.6 Å². The van der Waals surface area contributed by atoms with Gasteiger partial charge in [0, 0.05) is 0 Å². The van der Waals surface area contributed by atoms with Crippen molar-refractivity contribution in [1.82, 2.24) is 4.57 Å². The first-order chi connectivity index (χ1) is 17.1. The maximum atomic E-state index is 4.89. The summed E-state index contributed by atoms with van der Waals surface area (Å²) in [6, 6.07) is 20.2. The van der Waals surface area contributed by atoms with Gasteiger partial charge in [0.15, 0.2) is 0 Å². The molecule has 2 aliphatic carbocycles. The van der Waals surface area contributed by atoms with Gasteiger partial charge in [-0.15, -0.1) is 13.3 Å². The summed E-state index contributed by atoms with van der Waals surface area (Å²) in [6.07, 6.45) is 9.88. The van der Waals surface area contributed by atoms with Gasteiger partial charge in [-0.2, -0.15) is 0 Å². The van der Waals surface area contributed by atoms with Gasteiger partial charge in [0.2, 0.25) is 0 Å². The molecule has 3 aromatic carbocycles. The maximum absolute atomic E-state index is 4.89. The molecular formula is C29H34Cl2N3SiTi+. The zero-order chi connectivity index (χ0) is 24.4. The van der Waals surface area contributed by atoms with Crippen molar-refractivity contribution in [3.05, 3.63) is 96.4 Å². The topological polar surface area (TPSA) is 31.4 Å². The summed E-state index contributed by atoms with van der Waals surface area (Å²) in [5.41, 5.74) is 3.75. The van der Waals surface area contributed by atoms with Crippen molar-refractivity contribution < 1.29 is 17.0 Å². The Hall–Kier alpha value is -0.949. The van der Waals surface area contributed by atoms with Crippen LogP contribution in [0, 0.1) is 19.3 Å². The Morgan fingerprint density at radius 1 is 0.917 bits per heavy atom. The fraction of sp³-hybridized carbons (Fsp3) is 0.345. The van der Waals surface area contributed by atoms with Crippen molar-refractivity contribution in [1.29, 1.82) is 0 Å². The normalized spacial score (nSPS) is 24.1. The fourth-order valence-corrected chi connectivity index (χ4v) is 10.1. The van der Waals surface area contributed by atoms with Crippen LogP contribution in [0.15, 0.2) is 72.8 Å². The molecule has 3 aromatic rings. The molecule has 1 saturated heterocycles. The molecule has 3 atom stereocenters. The third-order valence-corrected chi connectivity index (χ3v) is 12.7. The molecule has 0 aromatic heterocycles. The number of hydrogen-bond donors (Lipinski definition) is 0. The summed E-state index contributed by atoms with van der Waals surface area (Å²) in [7, 11) is 8.13. The van der Waals surface area contributed by atoms with E-state index in [1.807, 2.05) is 0 Å². The van der Waals surface area contributed by atoms with Crippen LogP contribution in [0.5, 0.6) is 0 Å². The minimum atomic E-state index is -1.65. The summed E-state index contributed by atoms with van der Waals surface area (Å²) in [4.78, 5) is 0. The van der Waals surface area contributed by atoms with Gasteiger partial charge in [0.25, 0.3) is 0 Å². The molecule has 3 unspecified atom stereocenters. The average molecular weight is 571 g/mol. The molecule has 0 bridgehead atoms. The second-order valence-electron chi connectivity index (χ2n) is 10.2. The van der Waals surface area contributed by atoms with Gasteiger partial charge in [0.1, 0.15) is 8.24 Å². The van der Waals surface area contributed by atoms with Crippen LogP contribution < -0.4 is 0 Å². The molecule has 6 rings (SSSR count). The van der Waals surface area contributed by atoms with Gasteiger partial charge in [-0.05, 0) is 62.5 Å². The van der Waals surface area contributed by atoms with Gasteiger partial charge in [-0.3, -0.25) is 6.67 Å². The predicted molar refractivity (Wildman–Crippen MR) is 157 cm³/mol. The van der Waals surface area contributed by atoms with Crippen LogP contribution >= 0.6 is 18.6 Å². The third kappa shape index (κ3) is 5.30. The molecule has 3 nitrogen and oxygen atoms in total. The summed E-state index contributed by atoms with van der Waals surface area (Å²) >= 11 is -0.556. The van der Waals surface area contributed by atoms with Crippen LogP contribution in [-0.4, -0.2) is 32.8 Å². The molecule has 7 heteroatoms. The molecule has 0 N–H and O–H groups in total. The molecule has 0 spiro atoms. The van der Waals surface area contributed by atoms with Gasteiger partial charge in [-0.1, -0.05) is 86.3 Å². The second-order valence-corrected chi connectivity index (χ2v) is 17.5. The number of benzene rings is 3. The standard InChI is InChI=1S/C28H31N3Si.CH3.2ClH.Ti/c1-32(2,31-18-29-17-30-19-31)27-15-14-24-25(27)12-7-13-26(24)28-22-10-5-3-8-20(22)16-21-9-4-6-11-23(21)28;;;;/h3-13,16,24-25,27H,14-15,17-19H2,1-2H3;1H3;2*1H;/q-2;-1;;;+6/p-2. The molecule has 0 amide bonds. The van der Waals surface area contributed by atoms with E-state index >= 15 is 0 Å². The number of rotatable bonds is 3. The molecule has 3 aliphatic rings. The molecule has 0 radical (unpaired) electrons. The van der Waals surface area contributed by atoms with Crippen molar-refractivity contribution in [3.63, 3.8) is 0 Å². The number of fused-ring (bicyclic) bond motifs is 3. The van der Waals surface area contributed by atoms with Crippen molar-refractivity contribution in [2.45, 2.75) is 31.5 Å². The van der Waals surface area contributed by atoms with Gasteiger partial charge in [0.05, 0.1) is 0 Å². The van der Waals surface area contributed by atoms with Gasteiger partial charge in [-0.25, -0.2) is 0 Å². The minimum absolute atomic E-state index is 0. The fourth-order valence-electron chi connectivity index (χ4n) is 6.53. The zero-order valence-corrected chi connectivity index (χ0v) is 25.4. The Morgan fingerprint density at radius 3 is 2.11 bits per heavy atom. The third-order valence-electron chi connectivity index (χ3n) is 8.25. The van der Waals surface area contributed by atoms with E-state index in [0.29, 0.717) is 18.5 Å². The van der Waals surface area contributed by atoms with Crippen molar-refractivity contribution in [2.75, 3.05) is 20.0 Å². The van der Waals surface area contributed by atoms with E-state index in [0.717, 1.165) is 18.9 Å². The molecule has 1 aliphatic heterocycles.